The van der Waals surface area contributed by atoms with Crippen LogP contribution in [0.15, 0.2) is 97.1 Å². The van der Waals surface area contributed by atoms with Crippen molar-refractivity contribution in [3.8, 4) is 5.75 Å². The molecule has 0 spiro atoms. The van der Waals surface area contributed by atoms with Gasteiger partial charge in [0.15, 0.2) is 0 Å². The number of rotatable bonds is 5. The van der Waals surface area contributed by atoms with Crippen molar-refractivity contribution in [2.45, 2.75) is 6.54 Å². The summed E-state index contributed by atoms with van der Waals surface area (Å²) in [5.41, 5.74) is 3.62. The minimum Gasteiger partial charge on any atom is -0.497 e. The monoisotopic (exact) mass is 339 g/mol. The van der Waals surface area contributed by atoms with Gasteiger partial charge in [-0.05, 0) is 52.7 Å². The molecule has 0 aromatic heterocycles. The van der Waals surface area contributed by atoms with E-state index < -0.39 is 0 Å². The Morgan fingerprint density at radius 2 is 1.31 bits per heavy atom. The summed E-state index contributed by atoms with van der Waals surface area (Å²) in [4.78, 5) is 2.33. The summed E-state index contributed by atoms with van der Waals surface area (Å²) < 4.78 is 5.31. The topological polar surface area (TPSA) is 12.5 Å². The van der Waals surface area contributed by atoms with E-state index in [2.05, 4.69) is 83.8 Å². The van der Waals surface area contributed by atoms with Crippen molar-refractivity contribution < 1.29 is 4.74 Å². The minimum atomic E-state index is 0.803. The van der Waals surface area contributed by atoms with Crippen LogP contribution < -0.4 is 9.64 Å². The number of ether oxygens (including phenoxy) is 1. The molecule has 0 saturated heterocycles. The average molecular weight is 339 g/mol. The third kappa shape index (κ3) is 3.27. The number of para-hydroxylation sites is 1. The maximum Gasteiger partial charge on any atom is 0.119 e. The second-order valence-corrected chi connectivity index (χ2v) is 6.26. The van der Waals surface area contributed by atoms with Gasteiger partial charge >= 0.3 is 0 Å². The number of hydrogen-bond donors (Lipinski definition) is 0. The van der Waals surface area contributed by atoms with Crippen molar-refractivity contribution in [3.63, 3.8) is 0 Å². The van der Waals surface area contributed by atoms with Gasteiger partial charge in [0.05, 0.1) is 7.11 Å². The van der Waals surface area contributed by atoms with Gasteiger partial charge in [0.25, 0.3) is 0 Å². The number of methoxy groups -OCH3 is 1. The second-order valence-electron chi connectivity index (χ2n) is 6.26. The highest BCUT2D eigenvalue weighted by atomic mass is 16.5. The molecule has 0 aliphatic carbocycles. The predicted octanol–water partition coefficient (Wildman–Crippen LogP) is 6.19. The van der Waals surface area contributed by atoms with Crippen LogP contribution in [0.4, 0.5) is 11.4 Å². The SMILES string of the molecule is COc1ccc(N(Cc2cccc3ccccc23)c2ccccc2)cc1. The van der Waals surface area contributed by atoms with Crippen molar-refractivity contribution in [1.82, 2.24) is 0 Å². The van der Waals surface area contributed by atoms with Gasteiger partial charge in [-0.15, -0.1) is 0 Å². The fraction of sp³-hybridized carbons (Fsp3) is 0.0833. The molecule has 4 rings (SSSR count). The first-order chi connectivity index (χ1) is 12.8. The van der Waals surface area contributed by atoms with Crippen LogP contribution in [-0.4, -0.2) is 7.11 Å². The van der Waals surface area contributed by atoms with Gasteiger partial charge in [-0.25, -0.2) is 0 Å². The first-order valence-corrected chi connectivity index (χ1v) is 8.78. The van der Waals surface area contributed by atoms with Crippen molar-refractivity contribution in [3.05, 3.63) is 103 Å². The zero-order chi connectivity index (χ0) is 17.8. The van der Waals surface area contributed by atoms with Crippen molar-refractivity contribution in [2.24, 2.45) is 0 Å². The van der Waals surface area contributed by atoms with Crippen LogP contribution in [0.3, 0.4) is 0 Å². The summed E-state index contributed by atoms with van der Waals surface area (Å²) in [6, 6.07) is 33.8. The Balaban J connectivity index is 1.77. The molecule has 2 nitrogen and oxygen atoms in total. The molecule has 0 aliphatic heterocycles. The second kappa shape index (κ2) is 7.32. The van der Waals surface area contributed by atoms with Crippen LogP contribution in [-0.2, 0) is 6.54 Å². The van der Waals surface area contributed by atoms with Crippen molar-refractivity contribution >= 4 is 22.1 Å². The lowest BCUT2D eigenvalue weighted by molar-refractivity contribution is 0.415. The third-order valence-corrected chi connectivity index (χ3v) is 4.66. The van der Waals surface area contributed by atoms with Gasteiger partial charge in [0.2, 0.25) is 0 Å². The highest BCUT2D eigenvalue weighted by Crippen LogP contribution is 2.30. The largest absolute Gasteiger partial charge is 0.497 e. The van der Waals surface area contributed by atoms with Gasteiger partial charge in [-0.1, -0.05) is 60.7 Å². The maximum absolute atomic E-state index is 5.31. The van der Waals surface area contributed by atoms with Crippen LogP contribution in [0.2, 0.25) is 0 Å². The number of nitrogens with zero attached hydrogens (tertiary/aromatic N) is 1. The number of anilines is 2. The molecule has 0 atom stereocenters. The van der Waals surface area contributed by atoms with E-state index in [4.69, 9.17) is 4.74 Å². The Morgan fingerprint density at radius 3 is 2.08 bits per heavy atom. The van der Waals surface area contributed by atoms with E-state index in [-0.39, 0.29) is 0 Å². The highest BCUT2D eigenvalue weighted by Gasteiger charge is 2.12. The summed E-state index contributed by atoms with van der Waals surface area (Å²) in [6.07, 6.45) is 0. The summed E-state index contributed by atoms with van der Waals surface area (Å²) in [5.74, 6) is 0.868. The smallest absolute Gasteiger partial charge is 0.119 e. The van der Waals surface area contributed by atoms with Crippen LogP contribution in [0.5, 0.6) is 5.75 Å². The van der Waals surface area contributed by atoms with E-state index in [1.807, 2.05) is 18.2 Å². The van der Waals surface area contributed by atoms with Crippen LogP contribution in [0.25, 0.3) is 10.8 Å². The van der Waals surface area contributed by atoms with E-state index in [1.54, 1.807) is 7.11 Å². The molecule has 2 heteroatoms. The Hall–Kier alpha value is -3.26. The molecule has 0 unspecified atom stereocenters. The van der Waals surface area contributed by atoms with Gasteiger partial charge in [-0.2, -0.15) is 0 Å². The van der Waals surface area contributed by atoms with Crippen LogP contribution in [0, 0.1) is 0 Å². The lowest BCUT2D eigenvalue weighted by atomic mass is 10.0. The molecule has 0 amide bonds. The molecular formula is C24H21NO. The molecule has 0 heterocycles. The lowest BCUT2D eigenvalue weighted by Crippen LogP contribution is -2.16. The van der Waals surface area contributed by atoms with Gasteiger partial charge in [-0.3, -0.25) is 0 Å². The molecule has 4 aromatic carbocycles. The fourth-order valence-electron chi connectivity index (χ4n) is 3.30. The molecule has 0 bridgehead atoms. The molecular weight excluding hydrogens is 318 g/mol. The van der Waals surface area contributed by atoms with E-state index >= 15 is 0 Å². The standard InChI is InChI=1S/C24H21NO/c1-26-23-16-14-22(15-17-23)25(21-11-3-2-4-12-21)18-20-10-7-9-19-8-5-6-13-24(19)20/h2-17H,18H2,1H3. The molecule has 0 fully saturated rings. The first-order valence-electron chi connectivity index (χ1n) is 8.78. The number of hydrogen-bond acceptors (Lipinski definition) is 2. The predicted molar refractivity (Wildman–Crippen MR) is 109 cm³/mol. The molecule has 26 heavy (non-hydrogen) atoms. The fourth-order valence-corrected chi connectivity index (χ4v) is 3.30. The zero-order valence-corrected chi connectivity index (χ0v) is 14.8. The lowest BCUT2D eigenvalue weighted by Gasteiger charge is -2.26. The van der Waals surface area contributed by atoms with Gasteiger partial charge in [0, 0.05) is 17.9 Å². The zero-order valence-electron chi connectivity index (χ0n) is 14.8. The summed E-state index contributed by atoms with van der Waals surface area (Å²) in [7, 11) is 1.69. The van der Waals surface area contributed by atoms with Crippen molar-refractivity contribution in [2.75, 3.05) is 12.0 Å². The minimum absolute atomic E-state index is 0.803. The van der Waals surface area contributed by atoms with E-state index in [0.29, 0.717) is 0 Å². The summed E-state index contributed by atoms with van der Waals surface area (Å²) in [6.45, 7) is 0.803. The maximum atomic E-state index is 5.31. The summed E-state index contributed by atoms with van der Waals surface area (Å²) in [5, 5.41) is 2.57. The Morgan fingerprint density at radius 1 is 0.654 bits per heavy atom. The Bertz CT molecular complexity index is 988. The summed E-state index contributed by atoms with van der Waals surface area (Å²) >= 11 is 0. The quantitative estimate of drug-likeness (QED) is 0.430. The van der Waals surface area contributed by atoms with E-state index in [1.165, 1.54) is 22.0 Å². The van der Waals surface area contributed by atoms with E-state index in [0.717, 1.165) is 18.0 Å². The van der Waals surface area contributed by atoms with Crippen LogP contribution >= 0.6 is 0 Å². The third-order valence-electron chi connectivity index (χ3n) is 4.66. The molecule has 0 radical (unpaired) electrons. The number of fused-ring (bicyclic) bond motifs is 1. The Kier molecular flexibility index (Phi) is 4.57. The Labute approximate surface area is 154 Å². The van der Waals surface area contributed by atoms with Crippen molar-refractivity contribution in [1.29, 1.82) is 0 Å². The normalized spacial score (nSPS) is 10.7. The van der Waals surface area contributed by atoms with Crippen LogP contribution in [0.1, 0.15) is 5.56 Å². The molecule has 128 valence electrons. The van der Waals surface area contributed by atoms with Gasteiger partial charge in [0.1, 0.15) is 5.75 Å². The number of benzene rings is 4. The molecule has 0 aliphatic rings. The first kappa shape index (κ1) is 16.2. The molecule has 0 N–H and O–H groups in total. The molecule has 4 aromatic rings. The van der Waals surface area contributed by atoms with Gasteiger partial charge < -0.3 is 9.64 Å². The molecule has 0 saturated carbocycles. The highest BCUT2D eigenvalue weighted by molar-refractivity contribution is 5.86. The van der Waals surface area contributed by atoms with E-state index in [9.17, 15) is 0 Å². The average Bonchev–Trinajstić information content (AvgIpc) is 2.73.